The molecule has 3 heteroatoms. The number of hydrogen-bond donors (Lipinski definition) is 2. The summed E-state index contributed by atoms with van der Waals surface area (Å²) in [6.45, 7) is 6.38. The minimum absolute atomic E-state index is 0.0271. The lowest BCUT2D eigenvalue weighted by Gasteiger charge is -2.50. The molecule has 0 radical (unpaired) electrons. The van der Waals surface area contributed by atoms with Crippen LogP contribution in [0.5, 0.6) is 5.75 Å². The minimum Gasteiger partial charge on any atom is -0.497 e. The first-order valence-corrected chi connectivity index (χ1v) is 6.53. The van der Waals surface area contributed by atoms with E-state index >= 15 is 0 Å². The first kappa shape index (κ1) is 13.4. The molecule has 3 atom stereocenters. The Bertz CT molecular complexity index is 399. The number of hydrogen-bond acceptors (Lipinski definition) is 3. The molecule has 18 heavy (non-hydrogen) atoms. The van der Waals surface area contributed by atoms with E-state index in [9.17, 15) is 5.11 Å². The molecule has 1 fully saturated rings. The highest BCUT2D eigenvalue weighted by atomic mass is 16.5. The predicted molar refractivity (Wildman–Crippen MR) is 72.7 cm³/mol. The fraction of sp³-hybridized carbons (Fsp3) is 0.600. The molecule has 0 saturated heterocycles. The van der Waals surface area contributed by atoms with Crippen molar-refractivity contribution in [1.29, 1.82) is 0 Å². The van der Waals surface area contributed by atoms with Crippen LogP contribution in [-0.2, 0) is 0 Å². The summed E-state index contributed by atoms with van der Waals surface area (Å²) >= 11 is 0. The summed E-state index contributed by atoms with van der Waals surface area (Å²) in [7, 11) is 1.68. The van der Waals surface area contributed by atoms with Crippen molar-refractivity contribution in [2.75, 3.05) is 7.11 Å². The Balaban J connectivity index is 1.97. The second-order valence-electron chi connectivity index (χ2n) is 5.79. The molecule has 1 aliphatic carbocycles. The summed E-state index contributed by atoms with van der Waals surface area (Å²) in [5.41, 5.74) is 1.22. The lowest BCUT2D eigenvalue weighted by molar-refractivity contribution is -0.0754. The molecule has 0 aliphatic heterocycles. The monoisotopic (exact) mass is 249 g/mol. The van der Waals surface area contributed by atoms with Crippen LogP contribution in [0.15, 0.2) is 24.3 Å². The maximum atomic E-state index is 9.74. The van der Waals surface area contributed by atoms with Crippen LogP contribution in [0, 0.1) is 5.41 Å². The van der Waals surface area contributed by atoms with Crippen molar-refractivity contribution < 1.29 is 9.84 Å². The molecule has 1 aliphatic rings. The average Bonchev–Trinajstić information content (AvgIpc) is 2.38. The van der Waals surface area contributed by atoms with Gasteiger partial charge in [0.05, 0.1) is 13.2 Å². The molecule has 3 nitrogen and oxygen atoms in total. The fourth-order valence-corrected chi connectivity index (χ4v) is 2.48. The Kier molecular flexibility index (Phi) is 3.64. The molecular formula is C15H23NO2. The largest absolute Gasteiger partial charge is 0.497 e. The van der Waals surface area contributed by atoms with Gasteiger partial charge in [-0.05, 0) is 31.0 Å². The predicted octanol–water partition coefficient (Wildman–Crippen LogP) is 2.51. The van der Waals surface area contributed by atoms with Crippen molar-refractivity contribution in [2.24, 2.45) is 5.41 Å². The topological polar surface area (TPSA) is 41.5 Å². The summed E-state index contributed by atoms with van der Waals surface area (Å²) in [6, 6.07) is 8.79. The Hall–Kier alpha value is -1.06. The second-order valence-corrected chi connectivity index (χ2v) is 5.79. The van der Waals surface area contributed by atoms with E-state index < -0.39 is 0 Å². The van der Waals surface area contributed by atoms with Gasteiger partial charge in [-0.2, -0.15) is 0 Å². The maximum Gasteiger partial charge on any atom is 0.118 e. The first-order chi connectivity index (χ1) is 8.45. The lowest BCUT2D eigenvalue weighted by atomic mass is 9.64. The molecule has 1 aromatic carbocycles. The first-order valence-electron chi connectivity index (χ1n) is 6.53. The number of aliphatic hydroxyl groups excluding tert-OH is 1. The summed E-state index contributed by atoms with van der Waals surface area (Å²) in [5.74, 6) is 0.880. The number of benzene rings is 1. The zero-order chi connectivity index (χ0) is 13.3. The highest BCUT2D eigenvalue weighted by Crippen LogP contribution is 2.41. The second kappa shape index (κ2) is 4.90. The fourth-order valence-electron chi connectivity index (χ4n) is 2.48. The molecule has 2 rings (SSSR count). The third-order valence-corrected chi connectivity index (χ3v) is 4.28. The van der Waals surface area contributed by atoms with Gasteiger partial charge in [0.1, 0.15) is 5.75 Å². The van der Waals surface area contributed by atoms with Crippen molar-refractivity contribution in [3.8, 4) is 5.75 Å². The quantitative estimate of drug-likeness (QED) is 0.861. The number of rotatable bonds is 4. The Morgan fingerprint density at radius 1 is 1.33 bits per heavy atom. The van der Waals surface area contributed by atoms with E-state index in [1.807, 2.05) is 12.1 Å². The standard InChI is InChI=1S/C15H23NO2/c1-10(11-5-7-12(18-4)8-6-11)16-13-9-14(17)15(13,2)3/h5-8,10,13-14,16-17H,9H2,1-4H3. The summed E-state index contributed by atoms with van der Waals surface area (Å²) in [5, 5.41) is 13.3. The molecule has 0 spiro atoms. The molecule has 0 heterocycles. The van der Waals surface area contributed by atoms with Crippen LogP contribution in [0.3, 0.4) is 0 Å². The number of methoxy groups -OCH3 is 1. The molecule has 3 unspecified atom stereocenters. The molecule has 100 valence electrons. The Morgan fingerprint density at radius 2 is 1.94 bits per heavy atom. The van der Waals surface area contributed by atoms with Crippen LogP contribution < -0.4 is 10.1 Å². The van der Waals surface area contributed by atoms with E-state index in [0.29, 0.717) is 6.04 Å². The third kappa shape index (κ3) is 2.38. The van der Waals surface area contributed by atoms with E-state index in [1.165, 1.54) is 5.56 Å². The van der Waals surface area contributed by atoms with Crippen LogP contribution in [0.25, 0.3) is 0 Å². The van der Waals surface area contributed by atoms with Gasteiger partial charge in [0.15, 0.2) is 0 Å². The van der Waals surface area contributed by atoms with Crippen molar-refractivity contribution in [3.63, 3.8) is 0 Å². The van der Waals surface area contributed by atoms with Gasteiger partial charge in [0, 0.05) is 17.5 Å². The van der Waals surface area contributed by atoms with Crippen molar-refractivity contribution in [2.45, 2.75) is 45.4 Å². The van der Waals surface area contributed by atoms with Crippen molar-refractivity contribution in [1.82, 2.24) is 5.32 Å². The Morgan fingerprint density at radius 3 is 2.39 bits per heavy atom. The SMILES string of the molecule is COc1ccc(C(C)NC2CC(O)C2(C)C)cc1. The lowest BCUT2D eigenvalue weighted by Crippen LogP contribution is -2.60. The zero-order valence-corrected chi connectivity index (χ0v) is 11.6. The van der Waals surface area contributed by atoms with E-state index in [4.69, 9.17) is 4.74 Å². The molecule has 0 aromatic heterocycles. The summed E-state index contributed by atoms with van der Waals surface area (Å²) < 4.78 is 5.16. The smallest absolute Gasteiger partial charge is 0.118 e. The van der Waals surface area contributed by atoms with Crippen LogP contribution in [0.1, 0.15) is 38.8 Å². The van der Waals surface area contributed by atoms with Crippen LogP contribution in [0.2, 0.25) is 0 Å². The van der Waals surface area contributed by atoms with Gasteiger partial charge >= 0.3 is 0 Å². The van der Waals surface area contributed by atoms with Crippen molar-refractivity contribution in [3.05, 3.63) is 29.8 Å². The normalized spacial score (nSPS) is 27.4. The summed E-state index contributed by atoms with van der Waals surface area (Å²) in [6.07, 6.45) is 0.658. The third-order valence-electron chi connectivity index (χ3n) is 4.28. The number of aliphatic hydroxyl groups is 1. The average molecular weight is 249 g/mol. The van der Waals surface area contributed by atoms with Crippen molar-refractivity contribution >= 4 is 0 Å². The van der Waals surface area contributed by atoms with Gasteiger partial charge in [0.2, 0.25) is 0 Å². The highest BCUT2D eigenvalue weighted by Gasteiger charge is 2.47. The van der Waals surface area contributed by atoms with Gasteiger partial charge in [0.25, 0.3) is 0 Å². The summed E-state index contributed by atoms with van der Waals surface area (Å²) in [4.78, 5) is 0. The molecule has 2 N–H and O–H groups in total. The molecule has 1 aromatic rings. The Labute approximate surface area is 109 Å². The van der Waals surface area contributed by atoms with E-state index in [-0.39, 0.29) is 17.6 Å². The van der Waals surface area contributed by atoms with Crippen LogP contribution in [0.4, 0.5) is 0 Å². The van der Waals surface area contributed by atoms with Gasteiger partial charge in [-0.15, -0.1) is 0 Å². The van der Waals surface area contributed by atoms with E-state index in [2.05, 4.69) is 38.2 Å². The van der Waals surface area contributed by atoms with Crippen LogP contribution >= 0.6 is 0 Å². The zero-order valence-electron chi connectivity index (χ0n) is 11.6. The molecule has 0 bridgehead atoms. The van der Waals surface area contributed by atoms with E-state index in [0.717, 1.165) is 12.2 Å². The van der Waals surface area contributed by atoms with Gasteiger partial charge in [-0.3, -0.25) is 0 Å². The van der Waals surface area contributed by atoms with Gasteiger partial charge in [-0.1, -0.05) is 26.0 Å². The molecule has 1 saturated carbocycles. The van der Waals surface area contributed by atoms with Gasteiger partial charge in [-0.25, -0.2) is 0 Å². The highest BCUT2D eigenvalue weighted by molar-refractivity contribution is 5.29. The minimum atomic E-state index is -0.182. The molecular weight excluding hydrogens is 226 g/mol. The number of nitrogens with one attached hydrogen (secondary N) is 1. The van der Waals surface area contributed by atoms with Gasteiger partial charge < -0.3 is 15.2 Å². The molecule has 0 amide bonds. The van der Waals surface area contributed by atoms with Crippen LogP contribution in [-0.4, -0.2) is 24.4 Å². The van der Waals surface area contributed by atoms with E-state index in [1.54, 1.807) is 7.11 Å². The maximum absolute atomic E-state index is 9.74. The number of ether oxygens (including phenoxy) is 1.